The predicted octanol–water partition coefficient (Wildman–Crippen LogP) is 4.54. The molecular formula is C15H18ClO4P. The van der Waals surface area contributed by atoms with E-state index in [0.29, 0.717) is 10.6 Å². The lowest BCUT2D eigenvalue weighted by molar-refractivity contribution is -0.113. The molecule has 2 rings (SSSR count). The molecule has 0 N–H and O–H groups in total. The Morgan fingerprint density at radius 1 is 1.33 bits per heavy atom. The van der Waals surface area contributed by atoms with Gasteiger partial charge in [0.25, 0.3) is 0 Å². The van der Waals surface area contributed by atoms with Crippen LogP contribution in [0.4, 0.5) is 0 Å². The molecule has 21 heavy (non-hydrogen) atoms. The fourth-order valence-corrected chi connectivity index (χ4v) is 4.15. The monoisotopic (exact) mass is 328 g/mol. The first-order chi connectivity index (χ1) is 9.72. The molecule has 1 aromatic rings. The number of ketones is 1. The van der Waals surface area contributed by atoms with Crippen molar-refractivity contribution in [3.05, 3.63) is 40.2 Å². The van der Waals surface area contributed by atoms with E-state index in [0.717, 1.165) is 0 Å². The number of Topliss-reactive ketones (excluding diaryl/α,β-unsaturated/α-hetero) is 1. The number of hydrogen-bond donors (Lipinski definition) is 0. The first kappa shape index (κ1) is 16.4. The average molecular weight is 329 g/mol. The number of halogens is 1. The van der Waals surface area contributed by atoms with Gasteiger partial charge in [0, 0.05) is 10.4 Å². The minimum absolute atomic E-state index is 0.0558. The van der Waals surface area contributed by atoms with E-state index < -0.39 is 7.60 Å². The summed E-state index contributed by atoms with van der Waals surface area (Å²) in [5, 5.41) is 0.594. The highest BCUT2D eigenvalue weighted by molar-refractivity contribution is 7.60. The Balaban J connectivity index is 2.36. The third-order valence-electron chi connectivity index (χ3n) is 3.06. The molecule has 0 bridgehead atoms. The van der Waals surface area contributed by atoms with Crippen LogP contribution in [0.15, 0.2) is 29.6 Å². The van der Waals surface area contributed by atoms with Crippen molar-refractivity contribution in [2.45, 2.75) is 20.8 Å². The van der Waals surface area contributed by atoms with Crippen molar-refractivity contribution in [1.29, 1.82) is 0 Å². The molecule has 114 valence electrons. The van der Waals surface area contributed by atoms with E-state index in [1.165, 1.54) is 13.0 Å². The van der Waals surface area contributed by atoms with Crippen LogP contribution in [0.1, 0.15) is 26.3 Å². The lowest BCUT2D eigenvalue weighted by atomic mass is 9.97. The molecule has 0 radical (unpaired) electrons. The van der Waals surface area contributed by atoms with Gasteiger partial charge < -0.3 is 9.05 Å². The maximum Gasteiger partial charge on any atom is 0.364 e. The van der Waals surface area contributed by atoms with Crippen molar-refractivity contribution in [3.8, 4) is 0 Å². The Labute approximate surface area is 129 Å². The van der Waals surface area contributed by atoms with Crippen molar-refractivity contribution in [1.82, 2.24) is 0 Å². The summed E-state index contributed by atoms with van der Waals surface area (Å²) in [6.07, 6.45) is 1.52. The predicted molar refractivity (Wildman–Crippen MR) is 83.4 cm³/mol. The van der Waals surface area contributed by atoms with Crippen LogP contribution in [0.2, 0.25) is 5.02 Å². The standard InChI is InChI=1S/C15H18ClO4P/c1-11(17)14(8-12-5-4-6-13(16)7-12)21(18)19-9-15(2,3)10-20-21/h4-8H,9-10H2,1-3H3/b14-8+. The average Bonchev–Trinajstić information content (AvgIpc) is 2.40. The Morgan fingerprint density at radius 3 is 2.48 bits per heavy atom. The van der Waals surface area contributed by atoms with Gasteiger partial charge in [-0.1, -0.05) is 37.6 Å². The molecule has 1 aliphatic heterocycles. The van der Waals surface area contributed by atoms with Crippen molar-refractivity contribution in [2.75, 3.05) is 13.2 Å². The summed E-state index contributed by atoms with van der Waals surface area (Å²) in [5.74, 6) is -0.335. The first-order valence-electron chi connectivity index (χ1n) is 6.60. The van der Waals surface area contributed by atoms with E-state index in [9.17, 15) is 9.36 Å². The molecule has 6 heteroatoms. The molecular weight excluding hydrogens is 311 g/mol. The second kappa shape index (κ2) is 6.05. The Bertz CT molecular complexity index is 622. The number of carbonyl (C=O) groups excluding carboxylic acids is 1. The highest BCUT2D eigenvalue weighted by atomic mass is 35.5. The van der Waals surface area contributed by atoms with Gasteiger partial charge in [0.05, 0.1) is 13.2 Å². The maximum atomic E-state index is 12.8. The van der Waals surface area contributed by atoms with Crippen molar-refractivity contribution < 1.29 is 18.4 Å². The summed E-state index contributed by atoms with van der Waals surface area (Å²) < 4.78 is 23.6. The van der Waals surface area contributed by atoms with Gasteiger partial charge >= 0.3 is 7.60 Å². The fraction of sp³-hybridized carbons (Fsp3) is 0.400. The fourth-order valence-electron chi connectivity index (χ4n) is 1.87. The zero-order valence-electron chi connectivity index (χ0n) is 12.3. The van der Waals surface area contributed by atoms with Gasteiger partial charge in [-0.15, -0.1) is 0 Å². The van der Waals surface area contributed by atoms with Crippen LogP contribution in [0.3, 0.4) is 0 Å². The molecule has 0 atom stereocenters. The maximum absolute atomic E-state index is 12.8. The molecule has 0 amide bonds. The van der Waals surface area contributed by atoms with Crippen LogP contribution in [0.5, 0.6) is 0 Å². The largest absolute Gasteiger partial charge is 0.364 e. The van der Waals surface area contributed by atoms with Crippen LogP contribution in [-0.2, 0) is 18.4 Å². The van der Waals surface area contributed by atoms with Crippen molar-refractivity contribution in [2.24, 2.45) is 5.41 Å². The van der Waals surface area contributed by atoms with Gasteiger partial charge in [-0.05, 0) is 30.7 Å². The van der Waals surface area contributed by atoms with E-state index in [1.54, 1.807) is 24.3 Å². The van der Waals surface area contributed by atoms with Crippen LogP contribution in [0.25, 0.3) is 6.08 Å². The van der Waals surface area contributed by atoms with E-state index in [2.05, 4.69) is 0 Å². The molecule has 1 saturated heterocycles. The summed E-state index contributed by atoms with van der Waals surface area (Å²) in [4.78, 5) is 11.9. The quantitative estimate of drug-likeness (QED) is 0.604. The molecule has 0 unspecified atom stereocenters. The lowest BCUT2D eigenvalue weighted by Crippen LogP contribution is -2.30. The van der Waals surface area contributed by atoms with Gasteiger partial charge in [0.15, 0.2) is 5.78 Å². The number of rotatable bonds is 3. The number of hydrogen-bond acceptors (Lipinski definition) is 4. The summed E-state index contributed by atoms with van der Waals surface area (Å²) in [5.41, 5.74) is 0.464. The SMILES string of the molecule is CC(=O)/C(=C\c1cccc(Cl)c1)P1(=O)OCC(C)(C)CO1. The molecule has 0 spiro atoms. The highest BCUT2D eigenvalue weighted by Gasteiger charge is 2.41. The summed E-state index contributed by atoms with van der Waals surface area (Å²) >= 11 is 5.92. The lowest BCUT2D eigenvalue weighted by Gasteiger charge is -2.34. The molecule has 4 nitrogen and oxygen atoms in total. The van der Waals surface area contributed by atoms with E-state index in [1.807, 2.05) is 13.8 Å². The summed E-state index contributed by atoms with van der Waals surface area (Å²) in [6, 6.07) is 6.94. The third kappa shape index (κ3) is 4.04. The van der Waals surface area contributed by atoms with Gasteiger partial charge in [-0.2, -0.15) is 0 Å². The van der Waals surface area contributed by atoms with E-state index in [-0.39, 0.29) is 29.7 Å². The van der Waals surface area contributed by atoms with Crippen LogP contribution >= 0.6 is 19.2 Å². The third-order valence-corrected chi connectivity index (χ3v) is 5.27. The topological polar surface area (TPSA) is 52.6 Å². The molecule has 0 aliphatic carbocycles. The van der Waals surface area contributed by atoms with Crippen LogP contribution in [-0.4, -0.2) is 19.0 Å². The van der Waals surface area contributed by atoms with Crippen molar-refractivity contribution >= 4 is 31.1 Å². The van der Waals surface area contributed by atoms with Crippen LogP contribution < -0.4 is 0 Å². The number of benzene rings is 1. The summed E-state index contributed by atoms with van der Waals surface area (Å²) in [6.45, 7) is 5.81. The Morgan fingerprint density at radius 2 is 1.95 bits per heavy atom. The Hall–Kier alpha value is -0.930. The molecule has 1 aromatic carbocycles. The minimum Gasteiger partial charge on any atom is -0.304 e. The van der Waals surface area contributed by atoms with Gasteiger partial charge in [0.1, 0.15) is 5.31 Å². The second-order valence-corrected chi connectivity index (χ2v) is 8.28. The molecule has 0 saturated carbocycles. The van der Waals surface area contributed by atoms with Gasteiger partial charge in [-0.25, -0.2) is 0 Å². The molecule has 1 fully saturated rings. The number of carbonyl (C=O) groups is 1. The zero-order valence-corrected chi connectivity index (χ0v) is 13.9. The van der Waals surface area contributed by atoms with Crippen molar-refractivity contribution in [3.63, 3.8) is 0 Å². The van der Waals surface area contributed by atoms with E-state index >= 15 is 0 Å². The smallest absolute Gasteiger partial charge is 0.304 e. The first-order valence-corrected chi connectivity index (χ1v) is 8.52. The van der Waals surface area contributed by atoms with Gasteiger partial charge in [0.2, 0.25) is 0 Å². The normalized spacial score (nSPS) is 21.0. The zero-order chi connectivity index (χ0) is 15.7. The van der Waals surface area contributed by atoms with E-state index in [4.69, 9.17) is 20.6 Å². The molecule has 0 aromatic heterocycles. The minimum atomic E-state index is -3.57. The second-order valence-electron chi connectivity index (χ2n) is 5.85. The molecule has 1 heterocycles. The summed E-state index contributed by atoms with van der Waals surface area (Å²) in [7, 11) is -3.57. The Kier molecular flexibility index (Phi) is 4.74. The molecule has 1 aliphatic rings. The highest BCUT2D eigenvalue weighted by Crippen LogP contribution is 2.60. The van der Waals surface area contributed by atoms with Crippen LogP contribution in [0, 0.1) is 5.41 Å². The number of allylic oxidation sites excluding steroid dienone is 1. The van der Waals surface area contributed by atoms with Gasteiger partial charge in [-0.3, -0.25) is 9.36 Å².